The number of likely N-dealkylation sites (N-methyl/N-ethyl adjacent to an activating group) is 3. The number of piperazine rings is 1. The van der Waals surface area contributed by atoms with E-state index in [1.54, 1.807) is 32.5 Å². The third-order valence-electron chi connectivity index (χ3n) is 15.3. The molecular weight excluding hydrogens is 975 g/mol. The number of nitrogens with one attached hydrogen (secondary N) is 3. The van der Waals surface area contributed by atoms with E-state index in [0.717, 1.165) is 138 Å². The normalized spacial score (nSPS) is 17.0. The summed E-state index contributed by atoms with van der Waals surface area (Å²) in [5, 5.41) is 19.1. The van der Waals surface area contributed by atoms with E-state index in [4.69, 9.17) is 28.4 Å². The molecule has 3 fully saturated rings. The predicted molar refractivity (Wildman–Crippen MR) is 302 cm³/mol. The molecule has 418 valence electrons. The molecule has 2 amide bonds. The quantitative estimate of drug-likeness (QED) is 0.0425. The summed E-state index contributed by atoms with van der Waals surface area (Å²) in [6.45, 7) is 15.9. The van der Waals surface area contributed by atoms with Crippen molar-refractivity contribution in [3.8, 4) is 34.4 Å². The number of hydrogen-bond donors (Lipinski definition) is 3. The summed E-state index contributed by atoms with van der Waals surface area (Å²) in [6, 6.07) is 25.2. The van der Waals surface area contributed by atoms with Gasteiger partial charge in [-0.1, -0.05) is 38.3 Å². The van der Waals surface area contributed by atoms with Crippen molar-refractivity contribution in [1.82, 2.24) is 30.3 Å². The van der Waals surface area contributed by atoms with E-state index >= 15 is 0 Å². The van der Waals surface area contributed by atoms with Gasteiger partial charge in [-0.25, -0.2) is 4.98 Å². The molecule has 77 heavy (non-hydrogen) atoms. The first kappa shape index (κ1) is 58.7. The molecule has 3 N–H and O–H groups in total. The molecule has 4 aromatic rings. The summed E-state index contributed by atoms with van der Waals surface area (Å²) in [4.78, 5) is 40.5. The third-order valence-corrected chi connectivity index (χ3v) is 15.3. The molecule has 3 atom stereocenters. The van der Waals surface area contributed by atoms with Crippen LogP contribution < -0.4 is 35.1 Å². The Morgan fingerprint density at radius 3 is 2.21 bits per heavy atom. The van der Waals surface area contributed by atoms with E-state index in [1.807, 2.05) is 54.3 Å². The number of pyridine rings is 1. The van der Waals surface area contributed by atoms with Crippen LogP contribution >= 0.6 is 0 Å². The number of amides is 2. The minimum absolute atomic E-state index is 0.0945. The fourth-order valence-corrected chi connectivity index (χ4v) is 10.4. The fraction of sp³-hybridized carbons (Fsp3) is 0.567. The van der Waals surface area contributed by atoms with Crippen LogP contribution in [0.5, 0.6) is 17.2 Å². The van der Waals surface area contributed by atoms with Gasteiger partial charge in [0.15, 0.2) is 0 Å². The van der Waals surface area contributed by atoms with Crippen LogP contribution in [-0.2, 0) is 30.2 Å². The number of hydrogen-bond acceptors (Lipinski definition) is 15. The fourth-order valence-electron chi connectivity index (χ4n) is 10.4. The summed E-state index contributed by atoms with van der Waals surface area (Å²) in [6.07, 6.45) is 10.3. The zero-order chi connectivity index (χ0) is 54.2. The lowest BCUT2D eigenvalue weighted by atomic mass is 9.83. The number of carbonyl (C=O) groups excluding carboxylic acids is 2. The number of methoxy groups -OCH3 is 1. The first-order chi connectivity index (χ1) is 37.6. The van der Waals surface area contributed by atoms with Crippen LogP contribution in [-0.4, -0.2) is 177 Å². The lowest BCUT2D eigenvalue weighted by molar-refractivity contribution is -0.138. The highest BCUT2D eigenvalue weighted by atomic mass is 16.6. The molecule has 3 aliphatic rings. The zero-order valence-electron chi connectivity index (χ0n) is 46.4. The Morgan fingerprint density at radius 2 is 1.52 bits per heavy atom. The van der Waals surface area contributed by atoms with Gasteiger partial charge < -0.3 is 64.0 Å². The molecule has 0 spiro atoms. The minimum atomic E-state index is -0.423. The lowest BCUT2D eigenvalue weighted by Gasteiger charge is -2.35. The van der Waals surface area contributed by atoms with Crippen LogP contribution in [0, 0.1) is 23.2 Å². The maximum Gasteiger partial charge on any atom is 0.245 e. The summed E-state index contributed by atoms with van der Waals surface area (Å²) in [5.41, 5.74) is 5.41. The highest BCUT2D eigenvalue weighted by Gasteiger charge is 2.37. The smallest absolute Gasteiger partial charge is 0.245 e. The Labute approximate surface area is 457 Å². The van der Waals surface area contributed by atoms with Crippen molar-refractivity contribution in [3.05, 3.63) is 90.1 Å². The second-order valence-corrected chi connectivity index (χ2v) is 20.5. The van der Waals surface area contributed by atoms with Gasteiger partial charge in [-0.15, -0.1) is 0 Å². The Hall–Kier alpha value is -6.00. The summed E-state index contributed by atoms with van der Waals surface area (Å²) >= 11 is 0. The van der Waals surface area contributed by atoms with Crippen molar-refractivity contribution in [2.75, 3.05) is 143 Å². The molecule has 17 heteroatoms. The first-order valence-corrected chi connectivity index (χ1v) is 28.1. The molecule has 0 radical (unpaired) electrons. The largest absolute Gasteiger partial charge is 0.496 e. The number of aromatic nitrogens is 1. The van der Waals surface area contributed by atoms with Gasteiger partial charge in [-0.3, -0.25) is 9.59 Å². The van der Waals surface area contributed by atoms with Gasteiger partial charge in [0.1, 0.15) is 42.3 Å². The van der Waals surface area contributed by atoms with Crippen molar-refractivity contribution in [2.45, 2.75) is 77.3 Å². The van der Waals surface area contributed by atoms with Crippen LogP contribution in [0.15, 0.2) is 79.0 Å². The number of carbonyl (C=O) groups is 2. The van der Waals surface area contributed by atoms with Gasteiger partial charge in [-0.2, -0.15) is 5.26 Å². The van der Waals surface area contributed by atoms with Crippen molar-refractivity contribution in [2.24, 2.45) is 11.8 Å². The van der Waals surface area contributed by atoms with Crippen LogP contribution in [0.2, 0.25) is 0 Å². The average Bonchev–Trinajstić information content (AvgIpc) is 3.95. The van der Waals surface area contributed by atoms with Crippen molar-refractivity contribution in [3.63, 3.8) is 0 Å². The standard InChI is InChI=1S/C60H85N9O8/c1-6-67(26-22-47-23-27-69(44-47)60(71)58(49-10-8-7-9-11-49)65-59(70)45(2)62-3)25-21-46-12-16-52(17-13-46)76-38-36-74-34-32-73-33-35-75-37-39-77-56-42-51(15-18-54(56)68-30-28-66(4)29-31-68)64-57-41-50(20-24-63-57)53-40-48(43-61)14-19-55(53)72-5/h12-20,24,40-42,45,47,49,58,62H,6-11,21-23,25-39,44H2,1-5H3,(H,63,64)(H,65,70)/t45-,47?,58-/m0/s1. The molecule has 2 saturated heterocycles. The number of anilines is 3. The predicted octanol–water partition coefficient (Wildman–Crippen LogP) is 7.41. The summed E-state index contributed by atoms with van der Waals surface area (Å²) < 4.78 is 35.3. The number of rotatable bonds is 31. The first-order valence-electron chi connectivity index (χ1n) is 28.1. The van der Waals surface area contributed by atoms with Gasteiger partial charge in [0.2, 0.25) is 11.8 Å². The molecular formula is C60H85N9O8. The van der Waals surface area contributed by atoms with Gasteiger partial charge >= 0.3 is 0 Å². The highest BCUT2D eigenvalue weighted by molar-refractivity contribution is 5.90. The van der Waals surface area contributed by atoms with Gasteiger partial charge in [0.05, 0.1) is 70.1 Å². The number of likely N-dealkylation sites (tertiary alicyclic amines) is 1. The molecule has 3 heterocycles. The molecule has 7 rings (SSSR count). The molecule has 1 aromatic heterocycles. The zero-order valence-corrected chi connectivity index (χ0v) is 46.4. The molecule has 3 aromatic carbocycles. The van der Waals surface area contributed by atoms with Crippen molar-refractivity contribution < 1.29 is 38.0 Å². The summed E-state index contributed by atoms with van der Waals surface area (Å²) in [7, 11) is 5.55. The van der Waals surface area contributed by atoms with E-state index in [-0.39, 0.29) is 23.8 Å². The van der Waals surface area contributed by atoms with E-state index in [9.17, 15) is 14.9 Å². The van der Waals surface area contributed by atoms with Gasteiger partial charge in [0.25, 0.3) is 0 Å². The Bertz CT molecular complexity index is 2460. The molecule has 1 saturated carbocycles. The molecule has 2 aliphatic heterocycles. The number of benzene rings is 3. The van der Waals surface area contributed by atoms with E-state index in [1.165, 1.54) is 12.0 Å². The number of nitriles is 1. The maximum atomic E-state index is 13.9. The van der Waals surface area contributed by atoms with Gasteiger partial charge in [0, 0.05) is 69.3 Å². The second kappa shape index (κ2) is 31.4. The molecule has 1 aliphatic carbocycles. The minimum Gasteiger partial charge on any atom is -0.496 e. The van der Waals surface area contributed by atoms with Crippen LogP contribution in [0.1, 0.15) is 69.9 Å². The van der Waals surface area contributed by atoms with Crippen LogP contribution in [0.25, 0.3) is 11.1 Å². The molecule has 0 bridgehead atoms. The number of ether oxygens (including phenoxy) is 6. The maximum absolute atomic E-state index is 13.9. The molecule has 1 unspecified atom stereocenters. The van der Waals surface area contributed by atoms with Crippen LogP contribution in [0.4, 0.5) is 17.2 Å². The summed E-state index contributed by atoms with van der Waals surface area (Å²) in [5.74, 6) is 3.64. The van der Waals surface area contributed by atoms with E-state index < -0.39 is 6.04 Å². The topological polar surface area (TPSA) is 175 Å². The van der Waals surface area contributed by atoms with E-state index in [0.29, 0.717) is 75.9 Å². The second-order valence-electron chi connectivity index (χ2n) is 20.5. The Morgan fingerprint density at radius 1 is 0.805 bits per heavy atom. The third kappa shape index (κ3) is 18.3. The monoisotopic (exact) mass is 1060 g/mol. The van der Waals surface area contributed by atoms with E-state index in [2.05, 4.69) is 73.9 Å². The Balaban J connectivity index is 0.739. The van der Waals surface area contributed by atoms with Crippen LogP contribution in [0.3, 0.4) is 0 Å². The lowest BCUT2D eigenvalue weighted by Crippen LogP contribution is -2.55. The highest BCUT2D eigenvalue weighted by Crippen LogP contribution is 2.36. The van der Waals surface area contributed by atoms with Crippen molar-refractivity contribution >= 4 is 29.0 Å². The Kier molecular flexibility index (Phi) is 23.9. The molecule has 17 nitrogen and oxygen atoms in total. The average molecular weight is 1060 g/mol. The van der Waals surface area contributed by atoms with Crippen molar-refractivity contribution in [1.29, 1.82) is 5.26 Å². The SMILES string of the molecule is CCN(CCc1ccc(OCCOCCOCCOCCOc2cc(Nc3cc(-c4cc(C#N)ccc4OC)ccn3)ccc2N2CCN(C)CC2)cc1)CCC1CCN(C(=O)[C@@H](NC(=O)[C@H](C)NC)C2CCCCC2)C1. The number of nitrogens with zero attached hydrogens (tertiary/aromatic N) is 6. The van der Waals surface area contributed by atoms with Gasteiger partial charge in [-0.05, 0) is 144 Å².